The monoisotopic (exact) mass is 287 g/mol. The van der Waals surface area contributed by atoms with E-state index in [1.54, 1.807) is 13.2 Å². The highest BCUT2D eigenvalue weighted by atomic mass is 16.5. The van der Waals surface area contributed by atoms with Gasteiger partial charge in [0, 0.05) is 6.54 Å². The standard InChI is InChI=1S/C16H17NO4/c1-20-12-5-3-4-11(8-12)10-17-16(19)14-9-13(21-2)6-7-15(14)18/h3-9,18H,10H2,1-2H3,(H,17,19). The van der Waals surface area contributed by atoms with Crippen molar-refractivity contribution in [3.8, 4) is 17.2 Å². The number of benzene rings is 2. The Balaban J connectivity index is 2.07. The molecule has 2 rings (SSSR count). The average Bonchev–Trinajstić information content (AvgIpc) is 2.53. The van der Waals surface area contributed by atoms with Crippen LogP contribution in [-0.4, -0.2) is 25.2 Å². The summed E-state index contributed by atoms with van der Waals surface area (Å²) in [6.07, 6.45) is 0. The van der Waals surface area contributed by atoms with Crippen molar-refractivity contribution < 1.29 is 19.4 Å². The summed E-state index contributed by atoms with van der Waals surface area (Å²) in [5.74, 6) is 0.790. The number of rotatable bonds is 5. The van der Waals surface area contributed by atoms with Gasteiger partial charge in [-0.25, -0.2) is 0 Å². The maximum Gasteiger partial charge on any atom is 0.255 e. The predicted molar refractivity (Wildman–Crippen MR) is 78.8 cm³/mol. The molecule has 0 radical (unpaired) electrons. The van der Waals surface area contributed by atoms with Crippen LogP contribution in [0.1, 0.15) is 15.9 Å². The molecule has 1 amide bonds. The minimum Gasteiger partial charge on any atom is -0.507 e. The number of aromatic hydroxyl groups is 1. The summed E-state index contributed by atoms with van der Waals surface area (Å²) in [7, 11) is 3.09. The zero-order chi connectivity index (χ0) is 15.2. The van der Waals surface area contributed by atoms with Gasteiger partial charge in [-0.05, 0) is 35.9 Å². The molecule has 0 aliphatic rings. The van der Waals surface area contributed by atoms with Gasteiger partial charge in [-0.1, -0.05) is 12.1 Å². The quantitative estimate of drug-likeness (QED) is 0.885. The topological polar surface area (TPSA) is 67.8 Å². The molecule has 0 atom stereocenters. The van der Waals surface area contributed by atoms with Crippen LogP contribution >= 0.6 is 0 Å². The lowest BCUT2D eigenvalue weighted by Crippen LogP contribution is -2.22. The zero-order valence-corrected chi connectivity index (χ0v) is 11.9. The number of nitrogens with one attached hydrogen (secondary N) is 1. The molecule has 110 valence electrons. The van der Waals surface area contributed by atoms with Crippen molar-refractivity contribution in [1.29, 1.82) is 0 Å². The van der Waals surface area contributed by atoms with E-state index >= 15 is 0 Å². The lowest BCUT2D eigenvalue weighted by Gasteiger charge is -2.09. The highest BCUT2D eigenvalue weighted by Crippen LogP contribution is 2.22. The third kappa shape index (κ3) is 3.66. The summed E-state index contributed by atoms with van der Waals surface area (Å²) in [5.41, 5.74) is 1.09. The van der Waals surface area contributed by atoms with Crippen LogP contribution in [0, 0.1) is 0 Å². The smallest absolute Gasteiger partial charge is 0.255 e. The molecule has 5 heteroatoms. The number of phenolic OH excluding ortho intramolecular Hbond substituents is 1. The van der Waals surface area contributed by atoms with Crippen LogP contribution in [-0.2, 0) is 6.54 Å². The van der Waals surface area contributed by atoms with Gasteiger partial charge >= 0.3 is 0 Å². The Morgan fingerprint density at radius 1 is 1.10 bits per heavy atom. The largest absolute Gasteiger partial charge is 0.507 e. The highest BCUT2D eigenvalue weighted by molar-refractivity contribution is 5.97. The Labute approximate surface area is 123 Å². The van der Waals surface area contributed by atoms with Gasteiger partial charge in [0.15, 0.2) is 0 Å². The van der Waals surface area contributed by atoms with Crippen molar-refractivity contribution in [2.75, 3.05) is 14.2 Å². The Morgan fingerprint density at radius 3 is 2.52 bits per heavy atom. The molecular formula is C16H17NO4. The number of hydrogen-bond donors (Lipinski definition) is 2. The normalized spacial score (nSPS) is 10.0. The number of carbonyl (C=O) groups excluding carboxylic acids is 1. The summed E-state index contributed by atoms with van der Waals surface area (Å²) >= 11 is 0. The molecule has 0 saturated heterocycles. The van der Waals surface area contributed by atoms with E-state index in [0.717, 1.165) is 11.3 Å². The number of hydrogen-bond acceptors (Lipinski definition) is 4. The third-order valence-electron chi connectivity index (χ3n) is 3.04. The number of methoxy groups -OCH3 is 2. The Hall–Kier alpha value is -2.69. The molecule has 21 heavy (non-hydrogen) atoms. The Morgan fingerprint density at radius 2 is 1.81 bits per heavy atom. The van der Waals surface area contributed by atoms with Crippen LogP contribution in [0.2, 0.25) is 0 Å². The fourth-order valence-electron chi connectivity index (χ4n) is 1.88. The third-order valence-corrected chi connectivity index (χ3v) is 3.04. The zero-order valence-electron chi connectivity index (χ0n) is 11.9. The number of carbonyl (C=O) groups is 1. The van der Waals surface area contributed by atoms with Gasteiger partial charge in [-0.15, -0.1) is 0 Å². The molecule has 0 aliphatic heterocycles. The van der Waals surface area contributed by atoms with Crippen LogP contribution in [0.25, 0.3) is 0 Å². The van der Waals surface area contributed by atoms with Gasteiger partial charge in [0.2, 0.25) is 0 Å². The van der Waals surface area contributed by atoms with Crippen LogP contribution < -0.4 is 14.8 Å². The molecule has 0 bridgehead atoms. The maximum atomic E-state index is 12.1. The average molecular weight is 287 g/mol. The summed E-state index contributed by atoms with van der Waals surface area (Å²) < 4.78 is 10.2. The molecule has 2 aromatic carbocycles. The molecule has 0 aliphatic carbocycles. The molecule has 0 aromatic heterocycles. The highest BCUT2D eigenvalue weighted by Gasteiger charge is 2.12. The van der Waals surface area contributed by atoms with Crippen molar-refractivity contribution >= 4 is 5.91 Å². The number of ether oxygens (including phenoxy) is 2. The van der Waals surface area contributed by atoms with E-state index in [9.17, 15) is 9.90 Å². The number of amides is 1. The molecule has 2 aromatic rings. The van der Waals surface area contributed by atoms with Crippen LogP contribution in [0.15, 0.2) is 42.5 Å². The molecule has 0 unspecified atom stereocenters. The maximum absolute atomic E-state index is 12.1. The molecule has 5 nitrogen and oxygen atoms in total. The minimum absolute atomic E-state index is 0.0843. The van der Waals surface area contributed by atoms with E-state index in [2.05, 4.69) is 5.32 Å². The van der Waals surface area contributed by atoms with E-state index < -0.39 is 0 Å². The second-order valence-electron chi connectivity index (χ2n) is 4.42. The van der Waals surface area contributed by atoms with Crippen molar-refractivity contribution in [2.24, 2.45) is 0 Å². The lowest BCUT2D eigenvalue weighted by atomic mass is 10.1. The first-order chi connectivity index (χ1) is 10.1. The van der Waals surface area contributed by atoms with Gasteiger partial charge in [0.25, 0.3) is 5.91 Å². The molecular weight excluding hydrogens is 270 g/mol. The van der Waals surface area contributed by atoms with Crippen molar-refractivity contribution in [3.05, 3.63) is 53.6 Å². The van der Waals surface area contributed by atoms with E-state index in [1.165, 1.54) is 19.2 Å². The van der Waals surface area contributed by atoms with Crippen molar-refractivity contribution in [1.82, 2.24) is 5.32 Å². The summed E-state index contributed by atoms with van der Waals surface area (Å²) in [6, 6.07) is 11.9. The summed E-state index contributed by atoms with van der Waals surface area (Å²) in [4.78, 5) is 12.1. The second-order valence-corrected chi connectivity index (χ2v) is 4.42. The van der Waals surface area contributed by atoms with Crippen LogP contribution in [0.4, 0.5) is 0 Å². The minimum atomic E-state index is -0.366. The first-order valence-electron chi connectivity index (χ1n) is 6.42. The summed E-state index contributed by atoms with van der Waals surface area (Å²) in [5, 5.41) is 12.5. The number of phenols is 1. The fourth-order valence-corrected chi connectivity index (χ4v) is 1.88. The SMILES string of the molecule is COc1cccc(CNC(=O)c2cc(OC)ccc2O)c1. The van der Waals surface area contributed by atoms with Gasteiger partial charge in [0.05, 0.1) is 19.8 Å². The molecule has 0 saturated carbocycles. The summed E-state index contributed by atoms with van der Waals surface area (Å²) in [6.45, 7) is 0.340. The van der Waals surface area contributed by atoms with Crippen LogP contribution in [0.3, 0.4) is 0 Å². The predicted octanol–water partition coefficient (Wildman–Crippen LogP) is 2.34. The van der Waals surface area contributed by atoms with Crippen LogP contribution in [0.5, 0.6) is 17.2 Å². The van der Waals surface area contributed by atoms with E-state index in [0.29, 0.717) is 12.3 Å². The molecule has 0 spiro atoms. The lowest BCUT2D eigenvalue weighted by molar-refractivity contribution is 0.0948. The van der Waals surface area contributed by atoms with E-state index in [1.807, 2.05) is 24.3 Å². The van der Waals surface area contributed by atoms with Gasteiger partial charge in [-0.2, -0.15) is 0 Å². The van der Waals surface area contributed by atoms with Crippen molar-refractivity contribution in [2.45, 2.75) is 6.54 Å². The fraction of sp³-hybridized carbons (Fsp3) is 0.188. The molecule has 0 heterocycles. The van der Waals surface area contributed by atoms with Gasteiger partial charge in [-0.3, -0.25) is 4.79 Å². The van der Waals surface area contributed by atoms with Gasteiger partial charge < -0.3 is 19.9 Å². The second kappa shape index (κ2) is 6.65. The van der Waals surface area contributed by atoms with E-state index in [-0.39, 0.29) is 17.2 Å². The molecule has 2 N–H and O–H groups in total. The van der Waals surface area contributed by atoms with Gasteiger partial charge in [0.1, 0.15) is 17.2 Å². The van der Waals surface area contributed by atoms with Crippen molar-refractivity contribution in [3.63, 3.8) is 0 Å². The Bertz CT molecular complexity index is 640. The first kappa shape index (κ1) is 14.7. The Kier molecular flexibility index (Phi) is 4.66. The first-order valence-corrected chi connectivity index (χ1v) is 6.42. The van der Waals surface area contributed by atoms with E-state index in [4.69, 9.17) is 9.47 Å². The molecule has 0 fully saturated rings.